The van der Waals surface area contributed by atoms with Crippen LogP contribution in [0.5, 0.6) is 0 Å². The maximum atomic E-state index is 11.6. The number of anilines is 1. The van der Waals surface area contributed by atoms with Crippen molar-refractivity contribution in [3.63, 3.8) is 0 Å². The molecule has 2 N–H and O–H groups in total. The fourth-order valence-corrected chi connectivity index (χ4v) is 3.85. The van der Waals surface area contributed by atoms with Gasteiger partial charge in [0.2, 0.25) is 0 Å². The molecule has 6 heteroatoms. The third kappa shape index (κ3) is 2.19. The summed E-state index contributed by atoms with van der Waals surface area (Å²) in [4.78, 5) is 3.88. The zero-order valence-electron chi connectivity index (χ0n) is 7.57. The zero-order valence-corrected chi connectivity index (χ0v) is 9.20. The quantitative estimate of drug-likeness (QED) is 0.831. The van der Waals surface area contributed by atoms with Gasteiger partial charge in [-0.15, -0.1) is 0 Å². The first-order valence-electron chi connectivity index (χ1n) is 3.93. The number of hydrogen-bond acceptors (Lipinski definition) is 5. The second-order valence-electron chi connectivity index (χ2n) is 2.74. The van der Waals surface area contributed by atoms with E-state index in [0.29, 0.717) is 21.5 Å². The highest BCUT2D eigenvalue weighted by molar-refractivity contribution is 7.93. The Labute approximate surface area is 81.7 Å². The molecule has 0 aliphatic carbocycles. The minimum atomic E-state index is -3.14. The lowest BCUT2D eigenvalue weighted by Crippen LogP contribution is -2.05. The normalized spacial score (nSPS) is 11.8. The lowest BCUT2D eigenvalue weighted by molar-refractivity contribution is 0.596. The van der Waals surface area contributed by atoms with Crippen LogP contribution in [0.1, 0.15) is 19.0 Å². The number of nitrogens with two attached hydrogens (primary N) is 1. The summed E-state index contributed by atoms with van der Waals surface area (Å²) < 4.78 is 23.5. The molecule has 0 aromatic carbocycles. The number of aryl methyl sites for hydroxylation is 1. The van der Waals surface area contributed by atoms with Crippen LogP contribution in [0.4, 0.5) is 5.13 Å². The molecule has 0 saturated heterocycles. The summed E-state index contributed by atoms with van der Waals surface area (Å²) >= 11 is 1.04. The summed E-state index contributed by atoms with van der Waals surface area (Å²) in [5.74, 6) is 0.162. The molecule has 0 radical (unpaired) electrons. The molecule has 1 rings (SSSR count). The lowest BCUT2D eigenvalue weighted by Gasteiger charge is -1.98. The summed E-state index contributed by atoms with van der Waals surface area (Å²) in [7, 11) is -3.14. The van der Waals surface area contributed by atoms with Crippen LogP contribution in [0.3, 0.4) is 0 Å². The molecule has 0 aliphatic heterocycles. The molecule has 0 saturated carbocycles. The van der Waals surface area contributed by atoms with Crippen molar-refractivity contribution in [1.82, 2.24) is 4.98 Å². The molecule has 4 nitrogen and oxygen atoms in total. The van der Waals surface area contributed by atoms with Gasteiger partial charge in [0.05, 0.1) is 11.4 Å². The highest BCUT2D eigenvalue weighted by Crippen LogP contribution is 2.26. The molecule has 0 bridgehead atoms. The van der Waals surface area contributed by atoms with Gasteiger partial charge >= 0.3 is 0 Å². The number of rotatable bonds is 3. The first kappa shape index (κ1) is 10.5. The van der Waals surface area contributed by atoms with Gasteiger partial charge in [-0.05, 0) is 13.3 Å². The molecule has 1 heterocycles. The van der Waals surface area contributed by atoms with Gasteiger partial charge in [-0.2, -0.15) is 0 Å². The second-order valence-corrected chi connectivity index (χ2v) is 6.08. The van der Waals surface area contributed by atoms with E-state index in [0.717, 1.165) is 11.3 Å². The van der Waals surface area contributed by atoms with Crippen LogP contribution in [0.2, 0.25) is 0 Å². The fraction of sp³-hybridized carbons (Fsp3) is 0.571. The summed E-state index contributed by atoms with van der Waals surface area (Å²) in [6.45, 7) is 3.49. The summed E-state index contributed by atoms with van der Waals surface area (Å²) in [6, 6.07) is 0. The Balaban J connectivity index is 3.14. The van der Waals surface area contributed by atoms with Crippen LogP contribution in [-0.2, 0) is 9.84 Å². The Morgan fingerprint density at radius 1 is 1.54 bits per heavy atom. The maximum Gasteiger partial charge on any atom is 0.189 e. The lowest BCUT2D eigenvalue weighted by atomic mass is 10.6. The average Bonchev–Trinajstić information content (AvgIpc) is 2.30. The SMILES string of the molecule is CCCS(=O)(=O)c1sc(N)nc1C. The van der Waals surface area contributed by atoms with Gasteiger partial charge in [-0.25, -0.2) is 13.4 Å². The van der Waals surface area contributed by atoms with E-state index in [1.165, 1.54) is 0 Å². The maximum absolute atomic E-state index is 11.6. The predicted molar refractivity (Wildman–Crippen MR) is 53.6 cm³/mol. The topological polar surface area (TPSA) is 73.0 Å². The fourth-order valence-electron chi connectivity index (χ4n) is 1.05. The Kier molecular flexibility index (Phi) is 2.92. The van der Waals surface area contributed by atoms with Crippen LogP contribution < -0.4 is 5.73 Å². The van der Waals surface area contributed by atoms with Gasteiger partial charge in [0.25, 0.3) is 0 Å². The first-order valence-corrected chi connectivity index (χ1v) is 6.40. The first-order chi connectivity index (χ1) is 5.97. The van der Waals surface area contributed by atoms with Crippen molar-refractivity contribution in [2.45, 2.75) is 24.5 Å². The number of aromatic nitrogens is 1. The second kappa shape index (κ2) is 3.63. The van der Waals surface area contributed by atoms with E-state index in [2.05, 4.69) is 4.98 Å². The standard InChI is InChI=1S/C7H12N2O2S2/c1-3-4-13(10,11)6-5(2)9-7(8)12-6/h3-4H2,1-2H3,(H2,8,9). The highest BCUT2D eigenvalue weighted by atomic mass is 32.2. The van der Waals surface area contributed by atoms with Crippen LogP contribution >= 0.6 is 11.3 Å². The monoisotopic (exact) mass is 220 g/mol. The molecule has 0 amide bonds. The number of hydrogen-bond donors (Lipinski definition) is 1. The molecule has 0 spiro atoms. The number of thiazole rings is 1. The van der Waals surface area contributed by atoms with Crippen molar-refractivity contribution in [3.8, 4) is 0 Å². The molecule has 1 aromatic heterocycles. The smallest absolute Gasteiger partial charge is 0.189 e. The zero-order chi connectivity index (χ0) is 10.1. The summed E-state index contributed by atoms with van der Waals surface area (Å²) in [5.41, 5.74) is 5.93. The molecule has 0 unspecified atom stereocenters. The number of nitrogen functional groups attached to an aromatic ring is 1. The Hall–Kier alpha value is -0.620. The minimum absolute atomic E-state index is 0.162. The van der Waals surface area contributed by atoms with E-state index < -0.39 is 9.84 Å². The van der Waals surface area contributed by atoms with Crippen molar-refractivity contribution in [2.75, 3.05) is 11.5 Å². The van der Waals surface area contributed by atoms with Gasteiger partial charge in [-0.3, -0.25) is 0 Å². The van der Waals surface area contributed by atoms with E-state index in [-0.39, 0.29) is 5.75 Å². The third-order valence-electron chi connectivity index (χ3n) is 1.53. The predicted octanol–water partition coefficient (Wildman–Crippen LogP) is 1.22. The van der Waals surface area contributed by atoms with Crippen molar-refractivity contribution in [1.29, 1.82) is 0 Å². The molecule has 13 heavy (non-hydrogen) atoms. The molecule has 0 fully saturated rings. The molecular weight excluding hydrogens is 208 g/mol. The molecule has 0 atom stereocenters. The van der Waals surface area contributed by atoms with Gasteiger partial charge in [0.15, 0.2) is 15.0 Å². The largest absolute Gasteiger partial charge is 0.375 e. The van der Waals surface area contributed by atoms with E-state index >= 15 is 0 Å². The third-order valence-corrected chi connectivity index (χ3v) is 5.12. The molecule has 1 aromatic rings. The van der Waals surface area contributed by atoms with Gasteiger partial charge < -0.3 is 5.73 Å². The Morgan fingerprint density at radius 3 is 2.54 bits per heavy atom. The Bertz CT molecular complexity index is 395. The summed E-state index contributed by atoms with van der Waals surface area (Å²) in [5, 5.41) is 0.312. The van der Waals surface area contributed by atoms with Crippen molar-refractivity contribution >= 4 is 26.3 Å². The van der Waals surface area contributed by atoms with E-state index in [9.17, 15) is 8.42 Å². The van der Waals surface area contributed by atoms with Crippen LogP contribution in [0, 0.1) is 6.92 Å². The number of nitrogens with zero attached hydrogens (tertiary/aromatic N) is 1. The van der Waals surface area contributed by atoms with E-state index in [1.54, 1.807) is 6.92 Å². The van der Waals surface area contributed by atoms with Crippen LogP contribution in [-0.4, -0.2) is 19.2 Å². The van der Waals surface area contributed by atoms with Crippen LogP contribution in [0.15, 0.2) is 4.21 Å². The van der Waals surface area contributed by atoms with Crippen LogP contribution in [0.25, 0.3) is 0 Å². The van der Waals surface area contributed by atoms with E-state index in [1.807, 2.05) is 6.92 Å². The van der Waals surface area contributed by atoms with Crippen molar-refractivity contribution in [3.05, 3.63) is 5.69 Å². The van der Waals surface area contributed by atoms with Crippen molar-refractivity contribution in [2.24, 2.45) is 0 Å². The van der Waals surface area contributed by atoms with E-state index in [4.69, 9.17) is 5.73 Å². The number of sulfone groups is 1. The Morgan fingerprint density at radius 2 is 2.15 bits per heavy atom. The van der Waals surface area contributed by atoms with Gasteiger partial charge in [-0.1, -0.05) is 18.3 Å². The molecule has 0 aliphatic rings. The summed E-state index contributed by atoms with van der Waals surface area (Å²) in [6.07, 6.45) is 0.611. The van der Waals surface area contributed by atoms with Gasteiger partial charge in [0.1, 0.15) is 4.21 Å². The molecule has 74 valence electrons. The van der Waals surface area contributed by atoms with Gasteiger partial charge in [0, 0.05) is 0 Å². The highest BCUT2D eigenvalue weighted by Gasteiger charge is 2.19. The minimum Gasteiger partial charge on any atom is -0.375 e. The van der Waals surface area contributed by atoms with Crippen molar-refractivity contribution < 1.29 is 8.42 Å². The average molecular weight is 220 g/mol. The molecular formula is C7H12N2O2S2.